The summed E-state index contributed by atoms with van der Waals surface area (Å²) < 4.78 is 2.37. The monoisotopic (exact) mass is 392 g/mol. The van der Waals surface area contributed by atoms with Gasteiger partial charge >= 0.3 is 0 Å². The fourth-order valence-corrected chi connectivity index (χ4v) is 4.86. The van der Waals surface area contributed by atoms with E-state index in [1.165, 1.54) is 16.7 Å². The van der Waals surface area contributed by atoms with Crippen LogP contribution >= 0.6 is 0 Å². The van der Waals surface area contributed by atoms with Crippen molar-refractivity contribution in [1.82, 2.24) is 14.5 Å². The number of fused-ring (bicyclic) bond motifs is 2. The van der Waals surface area contributed by atoms with Gasteiger partial charge in [-0.05, 0) is 66.6 Å². The first-order chi connectivity index (χ1) is 14.6. The number of benzene rings is 2. The molecule has 0 bridgehead atoms. The maximum atomic E-state index is 9.48. The summed E-state index contributed by atoms with van der Waals surface area (Å²) in [4.78, 5) is 9.82. The summed E-state index contributed by atoms with van der Waals surface area (Å²) in [6.45, 7) is 6.34. The molecule has 1 aliphatic carbocycles. The third kappa shape index (κ3) is 2.81. The Morgan fingerprint density at radius 1 is 1.10 bits per heavy atom. The van der Waals surface area contributed by atoms with Crippen LogP contribution in [0.15, 0.2) is 48.5 Å². The van der Waals surface area contributed by atoms with Crippen LogP contribution in [0.2, 0.25) is 0 Å². The maximum absolute atomic E-state index is 9.48. The third-order valence-corrected chi connectivity index (χ3v) is 6.22. The lowest BCUT2D eigenvalue weighted by Crippen LogP contribution is -2.11. The van der Waals surface area contributed by atoms with E-state index in [0.29, 0.717) is 0 Å². The Hall–Kier alpha value is -3.45. The Bertz CT molecular complexity index is 1320. The second kappa shape index (κ2) is 7.11. The first kappa shape index (κ1) is 18.6. The number of nitrogens with zero attached hydrogens (tertiary/aromatic N) is 4. The molecule has 0 spiro atoms. The molecule has 1 aliphatic rings. The van der Waals surface area contributed by atoms with Crippen molar-refractivity contribution in [1.29, 1.82) is 5.26 Å². The Kier molecular flexibility index (Phi) is 4.40. The van der Waals surface area contributed by atoms with Gasteiger partial charge in [-0.1, -0.05) is 43.3 Å². The van der Waals surface area contributed by atoms with E-state index in [4.69, 9.17) is 9.97 Å². The number of hydrogen-bond acceptors (Lipinski definition) is 3. The molecule has 2 heterocycles. The summed E-state index contributed by atoms with van der Waals surface area (Å²) in [6.07, 6.45) is 2.95. The van der Waals surface area contributed by atoms with Crippen LogP contribution in [0.1, 0.15) is 53.2 Å². The van der Waals surface area contributed by atoms with E-state index in [1.54, 1.807) is 0 Å². The van der Waals surface area contributed by atoms with Crippen molar-refractivity contribution in [2.45, 2.75) is 46.1 Å². The SMILES string of the molecule is CCc1nc2c(C)cc(C)nc2n1[C@@H]1CCc2cc(-c3ccccc3C#N)ccc21. The molecule has 0 unspecified atom stereocenters. The van der Waals surface area contributed by atoms with Crippen molar-refractivity contribution in [2.75, 3.05) is 0 Å². The summed E-state index contributed by atoms with van der Waals surface area (Å²) in [6, 6.07) is 19.2. The quantitative estimate of drug-likeness (QED) is 0.450. The zero-order chi connectivity index (χ0) is 20.8. The predicted octanol–water partition coefficient (Wildman–Crippen LogP) is 5.68. The van der Waals surface area contributed by atoms with Crippen LogP contribution in [-0.4, -0.2) is 14.5 Å². The summed E-state index contributed by atoms with van der Waals surface area (Å²) in [5.41, 5.74) is 9.78. The summed E-state index contributed by atoms with van der Waals surface area (Å²) >= 11 is 0. The third-order valence-electron chi connectivity index (χ3n) is 6.22. The largest absolute Gasteiger partial charge is 0.305 e. The molecule has 0 saturated carbocycles. The van der Waals surface area contributed by atoms with Gasteiger partial charge in [0.15, 0.2) is 5.65 Å². The molecular formula is C26H24N4. The van der Waals surface area contributed by atoms with Crippen molar-refractivity contribution in [2.24, 2.45) is 0 Å². The van der Waals surface area contributed by atoms with Crippen molar-refractivity contribution in [3.63, 3.8) is 0 Å². The number of imidazole rings is 1. The van der Waals surface area contributed by atoms with Crippen LogP contribution in [0, 0.1) is 25.2 Å². The van der Waals surface area contributed by atoms with Gasteiger partial charge in [0, 0.05) is 12.1 Å². The molecule has 4 heteroatoms. The highest BCUT2D eigenvalue weighted by atomic mass is 15.2. The first-order valence-corrected chi connectivity index (χ1v) is 10.6. The van der Waals surface area contributed by atoms with Crippen molar-refractivity contribution in [3.05, 3.63) is 82.3 Å². The van der Waals surface area contributed by atoms with E-state index in [9.17, 15) is 5.26 Å². The number of hydrogen-bond donors (Lipinski definition) is 0. The average molecular weight is 393 g/mol. The van der Waals surface area contributed by atoms with Crippen LogP contribution < -0.4 is 0 Å². The summed E-state index contributed by atoms with van der Waals surface area (Å²) in [5.74, 6) is 1.10. The minimum Gasteiger partial charge on any atom is -0.305 e. The molecule has 5 rings (SSSR count). The van der Waals surface area contributed by atoms with Crippen LogP contribution in [-0.2, 0) is 12.8 Å². The summed E-state index contributed by atoms with van der Waals surface area (Å²) in [5, 5.41) is 9.48. The molecule has 0 saturated heterocycles. The Morgan fingerprint density at radius 3 is 2.73 bits per heavy atom. The van der Waals surface area contributed by atoms with E-state index in [-0.39, 0.29) is 6.04 Å². The van der Waals surface area contributed by atoms with Crippen LogP contribution in [0.3, 0.4) is 0 Å². The smallest absolute Gasteiger partial charge is 0.161 e. The summed E-state index contributed by atoms with van der Waals surface area (Å²) in [7, 11) is 0. The maximum Gasteiger partial charge on any atom is 0.161 e. The van der Waals surface area contributed by atoms with E-state index < -0.39 is 0 Å². The molecule has 30 heavy (non-hydrogen) atoms. The first-order valence-electron chi connectivity index (χ1n) is 10.6. The Morgan fingerprint density at radius 2 is 1.93 bits per heavy atom. The lowest BCUT2D eigenvalue weighted by atomic mass is 9.96. The highest BCUT2D eigenvalue weighted by Gasteiger charge is 2.28. The van der Waals surface area contributed by atoms with Gasteiger partial charge in [0.1, 0.15) is 11.3 Å². The van der Waals surface area contributed by atoms with E-state index >= 15 is 0 Å². The van der Waals surface area contributed by atoms with Gasteiger partial charge in [0.2, 0.25) is 0 Å². The molecule has 0 fully saturated rings. The van der Waals surface area contributed by atoms with Gasteiger partial charge in [-0.2, -0.15) is 5.26 Å². The van der Waals surface area contributed by atoms with Gasteiger partial charge in [0.25, 0.3) is 0 Å². The van der Waals surface area contributed by atoms with E-state index in [2.05, 4.69) is 55.7 Å². The minimum absolute atomic E-state index is 0.258. The van der Waals surface area contributed by atoms with Gasteiger partial charge in [0.05, 0.1) is 17.7 Å². The number of aromatic nitrogens is 3. The van der Waals surface area contributed by atoms with E-state index in [1.807, 2.05) is 24.3 Å². The second-order valence-corrected chi connectivity index (χ2v) is 8.13. The number of rotatable bonds is 3. The average Bonchev–Trinajstić information content (AvgIpc) is 3.34. The zero-order valence-corrected chi connectivity index (χ0v) is 17.6. The molecule has 4 nitrogen and oxygen atoms in total. The lowest BCUT2D eigenvalue weighted by Gasteiger charge is -2.18. The fraction of sp³-hybridized carbons (Fsp3) is 0.269. The van der Waals surface area contributed by atoms with Crippen molar-refractivity contribution >= 4 is 11.2 Å². The Balaban J connectivity index is 1.64. The second-order valence-electron chi connectivity index (χ2n) is 8.13. The molecule has 0 N–H and O–H groups in total. The normalized spacial score (nSPS) is 15.3. The highest BCUT2D eigenvalue weighted by Crippen LogP contribution is 2.39. The molecule has 2 aromatic heterocycles. The number of aryl methyl sites for hydroxylation is 4. The lowest BCUT2D eigenvalue weighted by molar-refractivity contribution is 0.566. The highest BCUT2D eigenvalue weighted by molar-refractivity contribution is 5.77. The van der Waals surface area contributed by atoms with Crippen LogP contribution in [0.25, 0.3) is 22.3 Å². The topological polar surface area (TPSA) is 54.5 Å². The molecule has 148 valence electrons. The van der Waals surface area contributed by atoms with Crippen molar-refractivity contribution in [3.8, 4) is 17.2 Å². The number of pyridine rings is 1. The Labute approximate surface area is 176 Å². The molecule has 0 amide bonds. The number of nitriles is 1. The minimum atomic E-state index is 0.258. The van der Waals surface area contributed by atoms with Crippen molar-refractivity contribution < 1.29 is 0 Å². The molecule has 0 aliphatic heterocycles. The molecule has 1 atom stereocenters. The van der Waals surface area contributed by atoms with Gasteiger partial charge in [-0.25, -0.2) is 9.97 Å². The molecule has 0 radical (unpaired) electrons. The molecule has 2 aromatic carbocycles. The van der Waals surface area contributed by atoms with Gasteiger partial charge in [-0.15, -0.1) is 0 Å². The van der Waals surface area contributed by atoms with Gasteiger partial charge < -0.3 is 4.57 Å². The molecule has 4 aromatic rings. The molecular weight excluding hydrogens is 368 g/mol. The standard InChI is InChI=1S/C26H24N4/c1-4-24-29-25-16(2)13-17(3)28-26(25)30(24)23-12-10-19-14-18(9-11-22(19)23)21-8-6-5-7-20(21)15-27/h5-9,11,13-14,23H,4,10,12H2,1-3H3/t23-/m1/s1. The zero-order valence-electron chi connectivity index (χ0n) is 17.6. The predicted molar refractivity (Wildman–Crippen MR) is 119 cm³/mol. The van der Waals surface area contributed by atoms with Crippen LogP contribution in [0.4, 0.5) is 0 Å². The van der Waals surface area contributed by atoms with Gasteiger partial charge in [-0.3, -0.25) is 0 Å². The fourth-order valence-electron chi connectivity index (χ4n) is 4.86. The van der Waals surface area contributed by atoms with Crippen LogP contribution in [0.5, 0.6) is 0 Å². The van der Waals surface area contributed by atoms with E-state index in [0.717, 1.165) is 58.6 Å².